The second-order valence-corrected chi connectivity index (χ2v) is 10.6. The number of nitrogens with zero attached hydrogens (tertiary/aromatic N) is 2. The maximum Gasteiger partial charge on any atom is 0.321 e. The molecule has 1 unspecified atom stereocenters. The molecule has 35 heavy (non-hydrogen) atoms. The van der Waals surface area contributed by atoms with Gasteiger partial charge in [0.05, 0.1) is 17.2 Å². The number of aliphatic hydroxyl groups excluding tert-OH is 1. The first kappa shape index (κ1) is 21.9. The highest BCUT2D eigenvalue weighted by Crippen LogP contribution is 2.51. The number of piperidine rings is 1. The van der Waals surface area contributed by atoms with Crippen molar-refractivity contribution in [1.29, 1.82) is 5.26 Å². The van der Waals surface area contributed by atoms with Gasteiger partial charge in [-0.2, -0.15) is 5.26 Å². The molecule has 2 heterocycles. The normalized spacial score (nSPS) is 23.5. The van der Waals surface area contributed by atoms with Crippen LogP contribution in [0.3, 0.4) is 0 Å². The number of amides is 2. The van der Waals surface area contributed by atoms with Crippen LogP contribution in [-0.2, 0) is 11.8 Å². The zero-order valence-electron chi connectivity index (χ0n) is 20.1. The van der Waals surface area contributed by atoms with Gasteiger partial charge in [-0.05, 0) is 59.6 Å². The number of hydrogen-bond donors (Lipinski definition) is 3. The van der Waals surface area contributed by atoms with Crippen LogP contribution < -0.4 is 5.32 Å². The minimum Gasteiger partial charge on any atom is -0.396 e. The Morgan fingerprint density at radius 3 is 2.66 bits per heavy atom. The van der Waals surface area contributed by atoms with E-state index >= 15 is 0 Å². The largest absolute Gasteiger partial charge is 0.396 e. The molecule has 2 amide bonds. The maximum absolute atomic E-state index is 13.7. The van der Waals surface area contributed by atoms with E-state index in [-0.39, 0.29) is 18.4 Å². The number of fused-ring (bicyclic) bond motifs is 5. The fraction of sp³-hybridized carbons (Fsp3) is 0.393. The molecule has 6 rings (SSSR count). The van der Waals surface area contributed by atoms with Gasteiger partial charge in [0.15, 0.2) is 5.78 Å². The summed E-state index contributed by atoms with van der Waals surface area (Å²) in [5.74, 6) is 1.14. The number of benzene rings is 2. The number of anilines is 1. The number of nitriles is 1. The average molecular weight is 469 g/mol. The number of nitrogens with one attached hydrogen (secondary N) is 2. The van der Waals surface area contributed by atoms with Crippen molar-refractivity contribution in [3.63, 3.8) is 0 Å². The molecule has 1 saturated heterocycles. The molecule has 1 saturated carbocycles. The van der Waals surface area contributed by atoms with Crippen LogP contribution in [0, 0.1) is 29.1 Å². The van der Waals surface area contributed by atoms with E-state index in [1.807, 2.05) is 30.0 Å². The molecule has 3 aromatic rings. The van der Waals surface area contributed by atoms with E-state index in [1.165, 1.54) is 0 Å². The van der Waals surface area contributed by atoms with Crippen LogP contribution in [0.25, 0.3) is 10.9 Å². The molecule has 2 fully saturated rings. The molecular formula is C28H28N4O3. The van der Waals surface area contributed by atoms with Gasteiger partial charge in [-0.15, -0.1) is 0 Å². The molecule has 3 N–H and O–H groups in total. The number of aromatic amines is 1. The summed E-state index contributed by atoms with van der Waals surface area (Å²) in [6, 6.07) is 11.3. The topological polar surface area (TPSA) is 109 Å². The minimum atomic E-state index is -0.500. The first-order valence-corrected chi connectivity index (χ1v) is 12.2. The summed E-state index contributed by atoms with van der Waals surface area (Å²) in [6.45, 7) is 7.75. The Labute approximate surface area is 203 Å². The Morgan fingerprint density at radius 1 is 1.26 bits per heavy atom. The van der Waals surface area contributed by atoms with Gasteiger partial charge in [0.2, 0.25) is 0 Å². The Bertz CT molecular complexity index is 1450. The second-order valence-electron chi connectivity index (χ2n) is 10.6. The van der Waals surface area contributed by atoms with Crippen molar-refractivity contribution in [3.8, 4) is 6.07 Å². The third kappa shape index (κ3) is 3.06. The summed E-state index contributed by atoms with van der Waals surface area (Å²) in [5.41, 5.74) is 5.52. The van der Waals surface area contributed by atoms with Crippen LogP contribution >= 0.6 is 0 Å². The molecule has 178 valence electrons. The van der Waals surface area contributed by atoms with Crippen molar-refractivity contribution >= 4 is 28.4 Å². The quantitative estimate of drug-likeness (QED) is 0.536. The van der Waals surface area contributed by atoms with Gasteiger partial charge in [0.25, 0.3) is 0 Å². The zero-order chi connectivity index (χ0) is 24.6. The van der Waals surface area contributed by atoms with Gasteiger partial charge in [-0.3, -0.25) is 4.79 Å². The van der Waals surface area contributed by atoms with E-state index in [0.717, 1.165) is 33.4 Å². The summed E-state index contributed by atoms with van der Waals surface area (Å²) in [4.78, 5) is 32.1. The molecule has 0 bridgehead atoms. The van der Waals surface area contributed by atoms with Gasteiger partial charge in [-0.25, -0.2) is 4.79 Å². The SMILES string of the molecule is CCc1cc2c(cc1NC(=O)N1C[C@@H]3C(CO)[C@@H]3C1)C(C)(C)c1[nH]c3cc(C#N)ccc3c1C2=O. The Hall–Kier alpha value is -3.63. The summed E-state index contributed by atoms with van der Waals surface area (Å²) in [7, 11) is 0. The standard InChI is InChI=1S/C28H28N4O3/c1-4-15-8-17-21(9-22(15)31-27(35)32-11-18-19(12-32)20(18)13-33)28(2,3)26-24(25(17)34)16-6-5-14(10-29)7-23(16)30-26/h5-9,18-20,30,33H,4,11-13H2,1-3H3,(H,31,35)/t18-,19+,20?. The molecule has 3 aliphatic rings. The zero-order valence-corrected chi connectivity index (χ0v) is 20.1. The van der Waals surface area contributed by atoms with E-state index in [9.17, 15) is 20.0 Å². The number of aryl methyl sites for hydroxylation is 1. The molecule has 7 nitrogen and oxygen atoms in total. The average Bonchev–Trinajstić information content (AvgIpc) is 3.17. The number of hydrogen-bond acceptors (Lipinski definition) is 4. The summed E-state index contributed by atoms with van der Waals surface area (Å²) >= 11 is 0. The second kappa shape index (κ2) is 7.43. The number of rotatable bonds is 3. The van der Waals surface area contributed by atoms with Crippen LogP contribution in [0.1, 0.15) is 59.1 Å². The van der Waals surface area contributed by atoms with Crippen LogP contribution in [0.4, 0.5) is 10.5 Å². The number of aliphatic hydroxyl groups is 1. The van der Waals surface area contributed by atoms with E-state index in [1.54, 1.807) is 12.1 Å². The number of urea groups is 1. The van der Waals surface area contributed by atoms with Crippen LogP contribution in [-0.4, -0.2) is 46.5 Å². The highest BCUT2D eigenvalue weighted by Gasteiger charge is 2.56. The van der Waals surface area contributed by atoms with E-state index in [4.69, 9.17) is 0 Å². The summed E-state index contributed by atoms with van der Waals surface area (Å²) in [6.07, 6.45) is 0.681. The van der Waals surface area contributed by atoms with Crippen molar-refractivity contribution in [1.82, 2.24) is 9.88 Å². The van der Waals surface area contributed by atoms with Crippen molar-refractivity contribution in [2.75, 3.05) is 25.0 Å². The van der Waals surface area contributed by atoms with Gasteiger partial charge < -0.3 is 20.3 Å². The van der Waals surface area contributed by atoms with E-state index < -0.39 is 5.41 Å². The van der Waals surface area contributed by atoms with Crippen LogP contribution in [0.2, 0.25) is 0 Å². The summed E-state index contributed by atoms with van der Waals surface area (Å²) in [5, 5.41) is 22.6. The lowest BCUT2D eigenvalue weighted by molar-refractivity contribution is 0.103. The Balaban J connectivity index is 1.38. The van der Waals surface area contributed by atoms with Crippen molar-refractivity contribution in [2.24, 2.45) is 17.8 Å². The Kier molecular flexibility index (Phi) is 4.64. The van der Waals surface area contributed by atoms with Gasteiger partial charge >= 0.3 is 6.03 Å². The van der Waals surface area contributed by atoms with Crippen LogP contribution in [0.5, 0.6) is 0 Å². The molecule has 1 aromatic heterocycles. The van der Waals surface area contributed by atoms with Gasteiger partial charge in [0, 0.05) is 53.0 Å². The molecule has 7 heteroatoms. The predicted molar refractivity (Wildman–Crippen MR) is 133 cm³/mol. The lowest BCUT2D eigenvalue weighted by Crippen LogP contribution is -2.36. The number of carbonyl (C=O) groups is 2. The molecule has 2 aliphatic carbocycles. The molecule has 3 atom stereocenters. The first-order valence-electron chi connectivity index (χ1n) is 12.2. The fourth-order valence-electron chi connectivity index (χ4n) is 6.28. The lowest BCUT2D eigenvalue weighted by atomic mass is 9.70. The summed E-state index contributed by atoms with van der Waals surface area (Å²) < 4.78 is 0. The fourth-order valence-corrected chi connectivity index (χ4v) is 6.28. The third-order valence-corrected chi connectivity index (χ3v) is 8.43. The number of likely N-dealkylation sites (tertiary alicyclic amines) is 1. The lowest BCUT2D eigenvalue weighted by Gasteiger charge is -2.33. The predicted octanol–water partition coefficient (Wildman–Crippen LogP) is 4.17. The monoisotopic (exact) mass is 468 g/mol. The van der Waals surface area contributed by atoms with Gasteiger partial charge in [0.1, 0.15) is 0 Å². The van der Waals surface area contributed by atoms with E-state index in [0.29, 0.717) is 54.0 Å². The van der Waals surface area contributed by atoms with Crippen molar-refractivity contribution in [2.45, 2.75) is 32.6 Å². The maximum atomic E-state index is 13.7. The third-order valence-electron chi connectivity index (χ3n) is 8.43. The number of aromatic nitrogens is 1. The number of carbonyl (C=O) groups excluding carboxylic acids is 2. The minimum absolute atomic E-state index is 0.0347. The Morgan fingerprint density at radius 2 is 2.00 bits per heavy atom. The van der Waals surface area contributed by atoms with Crippen LogP contribution in [0.15, 0.2) is 30.3 Å². The molecule has 1 aliphatic heterocycles. The first-order chi connectivity index (χ1) is 16.8. The molecule has 0 spiro atoms. The van der Waals surface area contributed by atoms with Crippen molar-refractivity contribution in [3.05, 3.63) is 63.8 Å². The molecular weight excluding hydrogens is 440 g/mol. The number of H-pyrrole nitrogens is 1. The van der Waals surface area contributed by atoms with E-state index in [2.05, 4.69) is 30.2 Å². The highest BCUT2D eigenvalue weighted by molar-refractivity contribution is 6.20. The number of ketones is 1. The molecule has 0 radical (unpaired) electrons. The van der Waals surface area contributed by atoms with Crippen molar-refractivity contribution < 1.29 is 14.7 Å². The highest BCUT2D eigenvalue weighted by atomic mass is 16.3. The smallest absolute Gasteiger partial charge is 0.321 e. The van der Waals surface area contributed by atoms with Gasteiger partial charge in [-0.1, -0.05) is 26.8 Å². The molecule has 2 aromatic carbocycles.